The van der Waals surface area contributed by atoms with Crippen LogP contribution in [0.25, 0.3) is 0 Å². The van der Waals surface area contributed by atoms with Crippen LogP contribution in [-0.4, -0.2) is 21.7 Å². The maximum Gasteiger partial charge on any atom is 0.151 e. The number of hydrogen-bond acceptors (Lipinski definition) is 3. The first kappa shape index (κ1) is 8.47. The van der Waals surface area contributed by atoms with Gasteiger partial charge >= 0.3 is 0 Å². The van der Waals surface area contributed by atoms with Gasteiger partial charge in [0.05, 0.1) is 0 Å². The van der Waals surface area contributed by atoms with Gasteiger partial charge in [0.1, 0.15) is 0 Å². The van der Waals surface area contributed by atoms with E-state index in [4.69, 9.17) is 0 Å². The molecule has 0 amide bonds. The minimum absolute atomic E-state index is 0.838. The molecule has 3 rings (SSSR count). The molecule has 0 bridgehead atoms. The third-order valence-corrected chi connectivity index (χ3v) is 2.70. The Balaban J connectivity index is 1.89. The molecule has 0 aromatic carbocycles. The van der Waals surface area contributed by atoms with Gasteiger partial charge < -0.3 is 5.32 Å². The molecule has 0 saturated carbocycles. The van der Waals surface area contributed by atoms with Gasteiger partial charge in [-0.3, -0.25) is 10.1 Å². The maximum atomic E-state index is 4.31. The van der Waals surface area contributed by atoms with Crippen LogP contribution in [0.15, 0.2) is 24.4 Å². The van der Waals surface area contributed by atoms with E-state index in [1.165, 1.54) is 11.3 Å². The van der Waals surface area contributed by atoms with Crippen molar-refractivity contribution in [2.75, 3.05) is 11.9 Å². The van der Waals surface area contributed by atoms with E-state index in [0.29, 0.717) is 0 Å². The smallest absolute Gasteiger partial charge is 0.151 e. The van der Waals surface area contributed by atoms with Crippen molar-refractivity contribution in [3.8, 4) is 0 Å². The third-order valence-electron chi connectivity index (χ3n) is 2.70. The van der Waals surface area contributed by atoms with E-state index < -0.39 is 0 Å². The van der Waals surface area contributed by atoms with Crippen molar-refractivity contribution in [3.63, 3.8) is 0 Å². The average Bonchev–Trinajstić information content (AvgIpc) is 2.85. The summed E-state index contributed by atoms with van der Waals surface area (Å²) in [4.78, 5) is 4.31. The molecule has 0 aliphatic carbocycles. The molecule has 0 atom stereocenters. The summed E-state index contributed by atoms with van der Waals surface area (Å²) in [7, 11) is 0. The van der Waals surface area contributed by atoms with Crippen molar-refractivity contribution < 1.29 is 0 Å². The molecule has 76 valence electrons. The Kier molecular flexibility index (Phi) is 1.91. The van der Waals surface area contributed by atoms with Crippen molar-refractivity contribution >= 4 is 5.82 Å². The highest BCUT2D eigenvalue weighted by atomic mass is 15.2. The first-order valence-electron chi connectivity index (χ1n) is 5.13. The summed E-state index contributed by atoms with van der Waals surface area (Å²) in [6.45, 7) is 1.00. The van der Waals surface area contributed by atoms with E-state index in [1.54, 1.807) is 0 Å². The lowest BCUT2D eigenvalue weighted by molar-refractivity contribution is 0.931. The maximum absolute atomic E-state index is 4.31. The molecule has 0 radical (unpaired) electrons. The Morgan fingerprint density at radius 2 is 2.33 bits per heavy atom. The Bertz CT molecular complexity index is 461. The van der Waals surface area contributed by atoms with Crippen LogP contribution in [-0.2, 0) is 12.8 Å². The van der Waals surface area contributed by atoms with Crippen LogP contribution >= 0.6 is 0 Å². The summed E-state index contributed by atoms with van der Waals surface area (Å²) >= 11 is 0. The molecule has 4 nitrogen and oxygen atoms in total. The minimum Gasteiger partial charge on any atom is -0.368 e. The molecule has 0 saturated heterocycles. The zero-order valence-corrected chi connectivity index (χ0v) is 8.33. The predicted octanol–water partition coefficient (Wildman–Crippen LogP) is 1.36. The fourth-order valence-corrected chi connectivity index (χ4v) is 1.95. The molecule has 0 unspecified atom stereocenters. The molecule has 1 aliphatic heterocycles. The third kappa shape index (κ3) is 1.48. The number of nitrogens with zero attached hydrogens (tertiary/aromatic N) is 2. The van der Waals surface area contributed by atoms with Gasteiger partial charge in [-0.05, 0) is 18.6 Å². The number of rotatable bonds is 2. The van der Waals surface area contributed by atoms with Crippen molar-refractivity contribution in [1.29, 1.82) is 0 Å². The molecule has 4 heteroatoms. The molecular formula is C11H12N4. The molecule has 3 heterocycles. The SMILES string of the molecule is c1ccc(Cc2[nH]nc3c2CCN3)nc1. The molecule has 2 aromatic rings. The Hall–Kier alpha value is -1.84. The number of hydrogen-bond donors (Lipinski definition) is 2. The lowest BCUT2D eigenvalue weighted by Crippen LogP contribution is -1.97. The summed E-state index contributed by atoms with van der Waals surface area (Å²) in [5, 5.41) is 10.5. The molecular weight excluding hydrogens is 188 g/mol. The molecule has 15 heavy (non-hydrogen) atoms. The molecule has 2 N–H and O–H groups in total. The summed E-state index contributed by atoms with van der Waals surface area (Å²) in [5.74, 6) is 1.01. The van der Waals surface area contributed by atoms with Crippen LogP contribution < -0.4 is 5.32 Å². The van der Waals surface area contributed by atoms with E-state index in [9.17, 15) is 0 Å². The van der Waals surface area contributed by atoms with Gasteiger partial charge in [0.25, 0.3) is 0 Å². The van der Waals surface area contributed by atoms with Crippen molar-refractivity contribution in [3.05, 3.63) is 41.3 Å². The van der Waals surface area contributed by atoms with Gasteiger partial charge in [0.2, 0.25) is 0 Å². The summed E-state index contributed by atoms with van der Waals surface area (Å²) in [6.07, 6.45) is 3.73. The highest BCUT2D eigenvalue weighted by molar-refractivity contribution is 5.51. The van der Waals surface area contributed by atoms with E-state index in [2.05, 4.69) is 20.5 Å². The normalized spacial score (nSPS) is 13.6. The summed E-state index contributed by atoms with van der Waals surface area (Å²) < 4.78 is 0. The Morgan fingerprint density at radius 3 is 3.20 bits per heavy atom. The number of fused-ring (bicyclic) bond motifs is 1. The lowest BCUT2D eigenvalue weighted by Gasteiger charge is -1.99. The van der Waals surface area contributed by atoms with E-state index in [0.717, 1.165) is 30.9 Å². The first-order valence-corrected chi connectivity index (χ1v) is 5.13. The molecule has 1 aliphatic rings. The van der Waals surface area contributed by atoms with Gasteiger partial charge in [-0.15, -0.1) is 0 Å². The first-order chi connectivity index (χ1) is 7.43. The van der Waals surface area contributed by atoms with Crippen molar-refractivity contribution in [2.24, 2.45) is 0 Å². The molecule has 0 fully saturated rings. The second kappa shape index (κ2) is 3.38. The number of anilines is 1. The van der Waals surface area contributed by atoms with Crippen LogP contribution in [0.5, 0.6) is 0 Å². The standard InChI is InChI=1S/C11H12N4/c1-2-5-12-8(3-1)7-10-9-4-6-13-11(9)15-14-10/h1-3,5H,4,6-7H2,(H2,13,14,15). The highest BCUT2D eigenvalue weighted by Crippen LogP contribution is 2.23. The van der Waals surface area contributed by atoms with E-state index in [-0.39, 0.29) is 0 Å². The van der Waals surface area contributed by atoms with Gasteiger partial charge in [-0.1, -0.05) is 6.07 Å². The number of aromatic nitrogens is 3. The number of aromatic amines is 1. The van der Waals surface area contributed by atoms with E-state index in [1.807, 2.05) is 24.4 Å². The van der Waals surface area contributed by atoms with E-state index >= 15 is 0 Å². The summed E-state index contributed by atoms with van der Waals surface area (Å²) in [5.41, 5.74) is 3.59. The topological polar surface area (TPSA) is 53.6 Å². The largest absolute Gasteiger partial charge is 0.368 e. The second-order valence-corrected chi connectivity index (χ2v) is 3.70. The van der Waals surface area contributed by atoms with Gasteiger partial charge in [-0.2, -0.15) is 5.10 Å². The van der Waals surface area contributed by atoms with Crippen LogP contribution in [0.3, 0.4) is 0 Å². The average molecular weight is 200 g/mol. The van der Waals surface area contributed by atoms with Crippen LogP contribution in [0.2, 0.25) is 0 Å². The zero-order valence-electron chi connectivity index (χ0n) is 8.33. The monoisotopic (exact) mass is 200 g/mol. The molecule has 2 aromatic heterocycles. The summed E-state index contributed by atoms with van der Waals surface area (Å²) in [6, 6.07) is 5.98. The van der Waals surface area contributed by atoms with Crippen molar-refractivity contribution in [2.45, 2.75) is 12.8 Å². The predicted molar refractivity (Wildman–Crippen MR) is 57.8 cm³/mol. The zero-order chi connectivity index (χ0) is 10.1. The van der Waals surface area contributed by atoms with Gasteiger partial charge in [0.15, 0.2) is 5.82 Å². The van der Waals surface area contributed by atoms with Gasteiger partial charge in [-0.25, -0.2) is 0 Å². The second-order valence-electron chi connectivity index (χ2n) is 3.70. The van der Waals surface area contributed by atoms with Crippen LogP contribution in [0, 0.1) is 0 Å². The lowest BCUT2D eigenvalue weighted by atomic mass is 10.1. The number of pyridine rings is 1. The van der Waals surface area contributed by atoms with Gasteiger partial charge in [0, 0.05) is 36.1 Å². The molecule has 0 spiro atoms. The van der Waals surface area contributed by atoms with Crippen molar-refractivity contribution in [1.82, 2.24) is 15.2 Å². The quantitative estimate of drug-likeness (QED) is 0.769. The highest BCUT2D eigenvalue weighted by Gasteiger charge is 2.17. The van der Waals surface area contributed by atoms with Crippen LogP contribution in [0.1, 0.15) is 17.0 Å². The fraction of sp³-hybridized carbons (Fsp3) is 0.273. The fourth-order valence-electron chi connectivity index (χ4n) is 1.95. The number of H-pyrrole nitrogens is 1. The number of nitrogens with one attached hydrogen (secondary N) is 2. The minimum atomic E-state index is 0.838. The van der Waals surface area contributed by atoms with Crippen LogP contribution in [0.4, 0.5) is 5.82 Å². The Labute approximate surface area is 87.7 Å². The Morgan fingerprint density at radius 1 is 1.33 bits per heavy atom.